The summed E-state index contributed by atoms with van der Waals surface area (Å²) >= 11 is 0. The Balaban J connectivity index is 2.21. The molecule has 0 spiro atoms. The van der Waals surface area contributed by atoms with Crippen LogP contribution in [0.1, 0.15) is 32.1 Å². The molecule has 66 valence electrons. The van der Waals surface area contributed by atoms with Gasteiger partial charge in [0.25, 0.3) is 0 Å². The molecule has 0 radical (unpaired) electrons. The van der Waals surface area contributed by atoms with E-state index in [0.29, 0.717) is 0 Å². The Labute approximate surface area is 68.9 Å². The minimum absolute atomic E-state index is 0.764. The monoisotopic (exact) mass is 157 g/mol. The predicted octanol–water partition coefficient (Wildman–Crippen LogP) is 0.672. The van der Waals surface area contributed by atoms with Crippen LogP contribution in [0.15, 0.2) is 0 Å². The maximum atomic E-state index is 5.24. The van der Waals surface area contributed by atoms with Crippen LogP contribution in [0, 0.1) is 0 Å². The minimum Gasteiger partial charge on any atom is -0.290 e. The molecule has 1 saturated carbocycles. The van der Waals surface area contributed by atoms with Crippen LogP contribution in [0.5, 0.6) is 0 Å². The van der Waals surface area contributed by atoms with Crippen molar-refractivity contribution in [3.05, 3.63) is 0 Å². The Morgan fingerprint density at radius 3 is 2.55 bits per heavy atom. The third-order valence-electron chi connectivity index (χ3n) is 2.54. The van der Waals surface area contributed by atoms with Gasteiger partial charge in [0.2, 0.25) is 0 Å². The number of nitrogens with two attached hydrogens (primary N) is 1. The van der Waals surface area contributed by atoms with Crippen molar-refractivity contribution >= 4 is 0 Å². The molecule has 11 heavy (non-hydrogen) atoms. The molecule has 1 fully saturated rings. The van der Waals surface area contributed by atoms with Crippen LogP contribution in [0.3, 0.4) is 0 Å². The molecule has 0 unspecified atom stereocenters. The Morgan fingerprint density at radius 1 is 1.36 bits per heavy atom. The largest absolute Gasteiger partial charge is 0.290 e. The smallest absolute Gasteiger partial charge is 0.0612 e. The summed E-state index contributed by atoms with van der Waals surface area (Å²) in [4.78, 5) is 2.30. The lowest BCUT2D eigenvalue weighted by molar-refractivity contribution is 0.180. The molecule has 0 atom stereocenters. The van der Waals surface area contributed by atoms with Gasteiger partial charge in [0, 0.05) is 6.04 Å². The van der Waals surface area contributed by atoms with Crippen molar-refractivity contribution in [2.45, 2.75) is 38.1 Å². The highest BCUT2D eigenvalue weighted by molar-refractivity contribution is 4.72. The molecule has 0 aliphatic heterocycles. The number of rotatable bonds is 3. The average molecular weight is 157 g/mol. The van der Waals surface area contributed by atoms with Crippen LogP contribution < -0.4 is 11.3 Å². The minimum atomic E-state index is 0.764. The molecule has 0 aromatic heterocycles. The van der Waals surface area contributed by atoms with Gasteiger partial charge >= 0.3 is 0 Å². The van der Waals surface area contributed by atoms with Gasteiger partial charge in [0.05, 0.1) is 6.67 Å². The van der Waals surface area contributed by atoms with E-state index < -0.39 is 0 Å². The van der Waals surface area contributed by atoms with E-state index >= 15 is 0 Å². The number of nitrogens with zero attached hydrogens (tertiary/aromatic N) is 1. The molecule has 1 rings (SSSR count). The standard InChI is InChI=1S/C8H19N3/c1-11(7-10-9)8-5-3-2-4-6-8/h8,10H,2-7,9H2,1H3. The van der Waals surface area contributed by atoms with E-state index in [4.69, 9.17) is 5.84 Å². The summed E-state index contributed by atoms with van der Waals surface area (Å²) in [5, 5.41) is 0. The Bertz CT molecular complexity index is 99.5. The van der Waals surface area contributed by atoms with Crippen molar-refractivity contribution in [2.24, 2.45) is 5.84 Å². The number of hydrogen-bond donors (Lipinski definition) is 2. The molecular weight excluding hydrogens is 138 g/mol. The molecule has 0 heterocycles. The summed E-state index contributed by atoms with van der Waals surface area (Å²) < 4.78 is 0. The van der Waals surface area contributed by atoms with Crippen LogP contribution in [0.25, 0.3) is 0 Å². The second kappa shape index (κ2) is 4.70. The summed E-state index contributed by atoms with van der Waals surface area (Å²) in [5.74, 6) is 5.24. The van der Waals surface area contributed by atoms with Gasteiger partial charge in [0.1, 0.15) is 0 Å². The summed E-state index contributed by atoms with van der Waals surface area (Å²) in [6.45, 7) is 0.810. The summed E-state index contributed by atoms with van der Waals surface area (Å²) in [6, 6.07) is 0.764. The quantitative estimate of drug-likeness (QED) is 0.359. The first-order valence-corrected chi connectivity index (χ1v) is 4.48. The van der Waals surface area contributed by atoms with E-state index in [2.05, 4.69) is 17.4 Å². The van der Waals surface area contributed by atoms with E-state index in [9.17, 15) is 0 Å². The molecule has 3 nitrogen and oxygen atoms in total. The van der Waals surface area contributed by atoms with Gasteiger partial charge in [-0.1, -0.05) is 19.3 Å². The van der Waals surface area contributed by atoms with Gasteiger partial charge in [-0.15, -0.1) is 0 Å². The van der Waals surface area contributed by atoms with Crippen molar-refractivity contribution in [3.8, 4) is 0 Å². The molecule has 3 N–H and O–H groups in total. The number of hydrogen-bond acceptors (Lipinski definition) is 3. The molecule has 1 aliphatic carbocycles. The van der Waals surface area contributed by atoms with Gasteiger partial charge in [0.15, 0.2) is 0 Å². The summed E-state index contributed by atoms with van der Waals surface area (Å²) in [6.07, 6.45) is 6.88. The Morgan fingerprint density at radius 2 is 2.00 bits per heavy atom. The fraction of sp³-hybridized carbons (Fsp3) is 1.00. The molecule has 0 aromatic carbocycles. The second-order valence-electron chi connectivity index (χ2n) is 3.41. The van der Waals surface area contributed by atoms with Crippen LogP contribution in [-0.2, 0) is 0 Å². The normalized spacial score (nSPS) is 21.0. The van der Waals surface area contributed by atoms with Gasteiger partial charge in [-0.3, -0.25) is 10.7 Å². The average Bonchev–Trinajstić information content (AvgIpc) is 2.07. The van der Waals surface area contributed by atoms with E-state index in [1.54, 1.807) is 0 Å². The zero-order chi connectivity index (χ0) is 8.10. The van der Waals surface area contributed by atoms with Crippen LogP contribution in [0.2, 0.25) is 0 Å². The molecule has 0 aromatic rings. The Hall–Kier alpha value is -0.120. The predicted molar refractivity (Wildman–Crippen MR) is 46.8 cm³/mol. The van der Waals surface area contributed by atoms with E-state index in [1.165, 1.54) is 32.1 Å². The zero-order valence-electron chi connectivity index (χ0n) is 7.34. The lowest BCUT2D eigenvalue weighted by atomic mass is 9.95. The van der Waals surface area contributed by atoms with Gasteiger partial charge in [-0.05, 0) is 19.9 Å². The van der Waals surface area contributed by atoms with Gasteiger partial charge < -0.3 is 0 Å². The SMILES string of the molecule is CN(CNN)C1CCCCC1. The zero-order valence-corrected chi connectivity index (χ0v) is 7.34. The third kappa shape index (κ3) is 2.77. The molecular formula is C8H19N3. The third-order valence-corrected chi connectivity index (χ3v) is 2.54. The van der Waals surface area contributed by atoms with Crippen molar-refractivity contribution in [1.82, 2.24) is 10.3 Å². The molecule has 0 amide bonds. The van der Waals surface area contributed by atoms with Crippen molar-refractivity contribution < 1.29 is 0 Å². The Kier molecular flexibility index (Phi) is 3.83. The molecule has 0 saturated heterocycles. The van der Waals surface area contributed by atoms with Crippen molar-refractivity contribution in [1.29, 1.82) is 0 Å². The lowest BCUT2D eigenvalue weighted by Crippen LogP contribution is -2.42. The van der Waals surface area contributed by atoms with Gasteiger partial charge in [-0.25, -0.2) is 5.43 Å². The van der Waals surface area contributed by atoms with Crippen molar-refractivity contribution in [2.75, 3.05) is 13.7 Å². The first-order chi connectivity index (χ1) is 5.34. The maximum absolute atomic E-state index is 5.24. The fourth-order valence-electron chi connectivity index (χ4n) is 1.79. The summed E-state index contributed by atoms with van der Waals surface area (Å²) in [5.41, 5.74) is 2.69. The molecule has 0 bridgehead atoms. The topological polar surface area (TPSA) is 41.3 Å². The summed E-state index contributed by atoms with van der Waals surface area (Å²) in [7, 11) is 2.13. The first kappa shape index (κ1) is 8.97. The van der Waals surface area contributed by atoms with E-state index in [-0.39, 0.29) is 0 Å². The lowest BCUT2D eigenvalue weighted by Gasteiger charge is -2.30. The molecule has 1 aliphatic rings. The fourth-order valence-corrected chi connectivity index (χ4v) is 1.79. The van der Waals surface area contributed by atoms with Gasteiger partial charge in [-0.2, -0.15) is 0 Å². The van der Waals surface area contributed by atoms with Crippen LogP contribution >= 0.6 is 0 Å². The highest BCUT2D eigenvalue weighted by Gasteiger charge is 2.16. The highest BCUT2D eigenvalue weighted by Crippen LogP contribution is 2.20. The second-order valence-corrected chi connectivity index (χ2v) is 3.41. The first-order valence-electron chi connectivity index (χ1n) is 4.48. The highest BCUT2D eigenvalue weighted by atomic mass is 15.3. The van der Waals surface area contributed by atoms with Crippen molar-refractivity contribution in [3.63, 3.8) is 0 Å². The van der Waals surface area contributed by atoms with E-state index in [1.807, 2.05) is 0 Å². The van der Waals surface area contributed by atoms with E-state index in [0.717, 1.165) is 12.7 Å². The maximum Gasteiger partial charge on any atom is 0.0612 e. The van der Waals surface area contributed by atoms with Crippen LogP contribution in [-0.4, -0.2) is 24.7 Å². The number of nitrogens with one attached hydrogen (secondary N) is 1. The molecule has 3 heteroatoms. The number of hydrazine groups is 1. The van der Waals surface area contributed by atoms with Crippen LogP contribution in [0.4, 0.5) is 0 Å².